The Bertz CT molecular complexity index is 1040. The Kier molecular flexibility index (Phi) is 7.35. The number of rotatable bonds is 8. The molecule has 2 aromatic carbocycles. The van der Waals surface area contributed by atoms with Crippen LogP contribution in [0.4, 0.5) is 0 Å². The molecule has 2 aromatic rings. The molecule has 3 rings (SSSR count). The van der Waals surface area contributed by atoms with Crippen LogP contribution in [-0.4, -0.2) is 37.1 Å². The quantitative estimate of drug-likeness (QED) is 0.627. The predicted octanol–water partition coefficient (Wildman–Crippen LogP) is 2.93. The molecular formula is C22H26ClN3O4S. The van der Waals surface area contributed by atoms with Gasteiger partial charge in [-0.2, -0.15) is 4.31 Å². The molecule has 3 N–H and O–H groups in total. The van der Waals surface area contributed by atoms with Crippen LogP contribution in [0.5, 0.6) is 0 Å². The Balaban J connectivity index is 1.95. The van der Waals surface area contributed by atoms with Crippen LogP contribution >= 0.6 is 11.6 Å². The lowest BCUT2D eigenvalue weighted by Crippen LogP contribution is -2.45. The molecule has 0 heterocycles. The van der Waals surface area contributed by atoms with Crippen molar-refractivity contribution in [1.82, 2.24) is 9.62 Å². The molecular weight excluding hydrogens is 438 g/mol. The number of nitrogens with zero attached hydrogens (tertiary/aromatic N) is 1. The van der Waals surface area contributed by atoms with Crippen molar-refractivity contribution in [3.8, 4) is 0 Å². The molecule has 2 amide bonds. The molecule has 0 bridgehead atoms. The third-order valence-corrected chi connectivity index (χ3v) is 7.66. The molecule has 0 aliphatic heterocycles. The lowest BCUT2D eigenvalue weighted by molar-refractivity contribution is -0.122. The number of carbonyl (C=O) groups excluding carboxylic acids is 2. The Morgan fingerprint density at radius 3 is 2.32 bits per heavy atom. The van der Waals surface area contributed by atoms with Crippen molar-refractivity contribution in [2.24, 2.45) is 11.7 Å². The highest BCUT2D eigenvalue weighted by Gasteiger charge is 2.41. The normalized spacial score (nSPS) is 18.8. The van der Waals surface area contributed by atoms with Crippen LogP contribution in [0.25, 0.3) is 0 Å². The van der Waals surface area contributed by atoms with Crippen LogP contribution in [0.1, 0.15) is 42.1 Å². The molecule has 31 heavy (non-hydrogen) atoms. The zero-order chi connectivity index (χ0) is 22.6. The standard InChI is InChI=1S/C22H26ClN3O4S/c1-2-25-22(28)16-8-6-15(7-9-16)14-26(20-5-3-4-19(20)21(24)27)31(29,30)18-12-10-17(23)11-13-18/h6-13,19-20H,2-5,14H2,1H3,(H2,24,27)(H,25,28)/t19-,20?/m0/s1. The number of nitrogens with one attached hydrogen (secondary N) is 1. The molecule has 0 saturated heterocycles. The van der Waals surface area contributed by atoms with Crippen molar-refractivity contribution in [1.29, 1.82) is 0 Å². The topological polar surface area (TPSA) is 110 Å². The van der Waals surface area contributed by atoms with Gasteiger partial charge in [0.1, 0.15) is 0 Å². The monoisotopic (exact) mass is 463 g/mol. The lowest BCUT2D eigenvalue weighted by Gasteiger charge is -2.31. The Hall–Kier alpha value is -2.42. The average molecular weight is 464 g/mol. The summed E-state index contributed by atoms with van der Waals surface area (Å²) in [6.45, 7) is 2.42. The summed E-state index contributed by atoms with van der Waals surface area (Å²) in [5, 5.41) is 3.16. The van der Waals surface area contributed by atoms with Gasteiger partial charge in [-0.1, -0.05) is 30.2 Å². The number of carbonyl (C=O) groups is 2. The average Bonchev–Trinajstić information content (AvgIpc) is 3.22. The fourth-order valence-electron chi connectivity index (χ4n) is 3.94. The highest BCUT2D eigenvalue weighted by Crippen LogP contribution is 2.34. The van der Waals surface area contributed by atoms with E-state index >= 15 is 0 Å². The maximum atomic E-state index is 13.5. The summed E-state index contributed by atoms with van der Waals surface area (Å²) in [6, 6.07) is 12.2. The van der Waals surface area contributed by atoms with Gasteiger partial charge in [0.2, 0.25) is 15.9 Å². The van der Waals surface area contributed by atoms with Gasteiger partial charge < -0.3 is 11.1 Å². The van der Waals surface area contributed by atoms with Crippen molar-refractivity contribution in [2.75, 3.05) is 6.54 Å². The van der Waals surface area contributed by atoms with Crippen LogP contribution in [-0.2, 0) is 21.4 Å². The van der Waals surface area contributed by atoms with Gasteiger partial charge in [0, 0.05) is 29.7 Å². The first-order chi connectivity index (χ1) is 14.7. The number of hydrogen-bond acceptors (Lipinski definition) is 4. The number of nitrogens with two attached hydrogens (primary N) is 1. The SMILES string of the molecule is CCNC(=O)c1ccc(CN(C2CCC[C@@H]2C(N)=O)S(=O)(=O)c2ccc(Cl)cc2)cc1. The van der Waals surface area contributed by atoms with Gasteiger partial charge in [-0.15, -0.1) is 0 Å². The summed E-state index contributed by atoms with van der Waals surface area (Å²) >= 11 is 5.92. The maximum absolute atomic E-state index is 13.5. The van der Waals surface area contributed by atoms with Crippen molar-refractivity contribution in [3.05, 3.63) is 64.7 Å². The first kappa shape index (κ1) is 23.2. The molecule has 0 spiro atoms. The van der Waals surface area contributed by atoms with Crippen LogP contribution in [0.3, 0.4) is 0 Å². The molecule has 1 aliphatic rings. The molecule has 9 heteroatoms. The van der Waals surface area contributed by atoms with Gasteiger partial charge in [0.15, 0.2) is 0 Å². The molecule has 0 radical (unpaired) electrons. The van der Waals surface area contributed by atoms with Gasteiger partial charge in [0.25, 0.3) is 5.91 Å². The largest absolute Gasteiger partial charge is 0.369 e. The summed E-state index contributed by atoms with van der Waals surface area (Å²) in [6.07, 6.45) is 1.83. The highest BCUT2D eigenvalue weighted by atomic mass is 35.5. The van der Waals surface area contributed by atoms with Crippen molar-refractivity contribution in [2.45, 2.75) is 43.7 Å². The van der Waals surface area contributed by atoms with Crippen LogP contribution in [0.2, 0.25) is 5.02 Å². The molecule has 0 aromatic heterocycles. The second-order valence-electron chi connectivity index (χ2n) is 7.57. The number of hydrogen-bond donors (Lipinski definition) is 2. The Labute approximate surface area is 187 Å². The van der Waals surface area contributed by atoms with Crippen molar-refractivity contribution < 1.29 is 18.0 Å². The number of sulfonamides is 1. The minimum absolute atomic E-state index is 0.0646. The van der Waals surface area contributed by atoms with Gasteiger partial charge in [-0.05, 0) is 61.7 Å². The first-order valence-corrected chi connectivity index (χ1v) is 12.0. The first-order valence-electron chi connectivity index (χ1n) is 10.2. The second-order valence-corrected chi connectivity index (χ2v) is 9.89. The minimum Gasteiger partial charge on any atom is -0.369 e. The summed E-state index contributed by atoms with van der Waals surface area (Å²) in [5.74, 6) is -1.23. The van der Waals surface area contributed by atoms with E-state index in [0.717, 1.165) is 6.42 Å². The fourth-order valence-corrected chi connectivity index (χ4v) is 5.75. The Morgan fingerprint density at radius 2 is 1.74 bits per heavy atom. The van der Waals surface area contributed by atoms with Crippen LogP contribution in [0, 0.1) is 5.92 Å². The third-order valence-electron chi connectivity index (χ3n) is 5.53. The number of benzene rings is 2. The van der Waals surface area contributed by atoms with Gasteiger partial charge in [-0.3, -0.25) is 9.59 Å². The number of primary amides is 1. The van der Waals surface area contributed by atoms with E-state index in [-0.39, 0.29) is 17.3 Å². The van der Waals surface area contributed by atoms with E-state index in [1.807, 2.05) is 6.92 Å². The predicted molar refractivity (Wildman–Crippen MR) is 119 cm³/mol. The van der Waals surface area contributed by atoms with E-state index in [9.17, 15) is 18.0 Å². The van der Waals surface area contributed by atoms with E-state index in [1.54, 1.807) is 24.3 Å². The minimum atomic E-state index is -3.91. The summed E-state index contributed by atoms with van der Waals surface area (Å²) in [4.78, 5) is 24.1. The van der Waals surface area contributed by atoms with E-state index in [1.165, 1.54) is 28.6 Å². The summed E-state index contributed by atoms with van der Waals surface area (Å²) < 4.78 is 28.4. The Morgan fingerprint density at radius 1 is 1.10 bits per heavy atom. The molecule has 7 nitrogen and oxygen atoms in total. The number of halogens is 1. The van der Waals surface area contributed by atoms with Crippen molar-refractivity contribution >= 4 is 33.4 Å². The second kappa shape index (κ2) is 9.80. The van der Waals surface area contributed by atoms with E-state index in [0.29, 0.717) is 35.5 Å². The van der Waals surface area contributed by atoms with E-state index in [2.05, 4.69) is 5.32 Å². The highest BCUT2D eigenvalue weighted by molar-refractivity contribution is 7.89. The molecule has 1 aliphatic carbocycles. The van der Waals surface area contributed by atoms with Crippen LogP contribution in [0.15, 0.2) is 53.4 Å². The third kappa shape index (κ3) is 5.26. The number of amides is 2. The van der Waals surface area contributed by atoms with Gasteiger partial charge in [0.05, 0.1) is 10.8 Å². The zero-order valence-electron chi connectivity index (χ0n) is 17.3. The van der Waals surface area contributed by atoms with Gasteiger partial charge in [-0.25, -0.2) is 8.42 Å². The fraction of sp³-hybridized carbons (Fsp3) is 0.364. The summed E-state index contributed by atoms with van der Waals surface area (Å²) in [5.41, 5.74) is 6.78. The van der Waals surface area contributed by atoms with Crippen molar-refractivity contribution in [3.63, 3.8) is 0 Å². The maximum Gasteiger partial charge on any atom is 0.251 e. The molecule has 166 valence electrons. The zero-order valence-corrected chi connectivity index (χ0v) is 18.8. The molecule has 1 saturated carbocycles. The smallest absolute Gasteiger partial charge is 0.251 e. The van der Waals surface area contributed by atoms with E-state index in [4.69, 9.17) is 17.3 Å². The molecule has 1 fully saturated rings. The lowest BCUT2D eigenvalue weighted by atomic mass is 10.0. The molecule has 2 atom stereocenters. The summed E-state index contributed by atoms with van der Waals surface area (Å²) in [7, 11) is -3.91. The van der Waals surface area contributed by atoms with Crippen LogP contribution < -0.4 is 11.1 Å². The van der Waals surface area contributed by atoms with Gasteiger partial charge >= 0.3 is 0 Å². The van der Waals surface area contributed by atoms with E-state index < -0.39 is 27.9 Å². The molecule has 1 unspecified atom stereocenters.